The van der Waals surface area contributed by atoms with Gasteiger partial charge in [0.2, 0.25) is 0 Å². The number of esters is 2. The Morgan fingerprint density at radius 1 is 0.678 bits per heavy atom. The zero-order chi connectivity index (χ0) is 43.2. The Balaban J connectivity index is 2.27. The van der Waals surface area contributed by atoms with Crippen LogP contribution >= 0.6 is 7.82 Å². The first kappa shape index (κ1) is 55.2. The molecule has 1 aliphatic heterocycles. The van der Waals surface area contributed by atoms with Crippen LogP contribution in [0.3, 0.4) is 0 Å². The third kappa shape index (κ3) is 35.4. The maximum atomic E-state index is 12.7. The summed E-state index contributed by atoms with van der Waals surface area (Å²) in [6.07, 6.45) is 39.8. The number of ether oxygens (including phenoxy) is 3. The van der Waals surface area contributed by atoms with E-state index in [-0.39, 0.29) is 31.7 Å². The molecule has 0 aliphatic carbocycles. The van der Waals surface area contributed by atoms with Crippen LogP contribution in [-0.4, -0.2) is 77.9 Å². The number of epoxide rings is 1. The number of allylic oxidation sites excluding steroid dienone is 5. The van der Waals surface area contributed by atoms with Gasteiger partial charge in [-0.1, -0.05) is 166 Å². The monoisotopic (exact) mass is 857 g/mol. The fourth-order valence-electron chi connectivity index (χ4n) is 6.64. The predicted octanol–water partition coefficient (Wildman–Crippen LogP) is 11.6. The van der Waals surface area contributed by atoms with E-state index < -0.39 is 51.8 Å². The van der Waals surface area contributed by atoms with Crippen molar-refractivity contribution >= 4 is 19.8 Å². The Morgan fingerprint density at radius 3 is 1.85 bits per heavy atom. The molecule has 11 nitrogen and oxygen atoms in total. The third-order valence-corrected chi connectivity index (χ3v) is 11.7. The molecule has 12 heteroatoms. The first-order valence-electron chi connectivity index (χ1n) is 23.5. The molecule has 0 spiro atoms. The lowest BCUT2D eigenvalue weighted by molar-refractivity contribution is -0.161. The Morgan fingerprint density at radius 2 is 1.24 bits per heavy atom. The highest BCUT2D eigenvalue weighted by atomic mass is 31.2. The van der Waals surface area contributed by atoms with Gasteiger partial charge in [0.1, 0.15) is 12.7 Å². The Kier molecular flexibility index (Phi) is 35.4. The molecule has 0 radical (unpaired) electrons. The largest absolute Gasteiger partial charge is 0.472 e. The number of carbonyl (C=O) groups excluding carboxylic acids is 2. The van der Waals surface area contributed by atoms with Crippen molar-refractivity contribution in [3.05, 3.63) is 36.5 Å². The van der Waals surface area contributed by atoms with Crippen LogP contribution in [0.1, 0.15) is 194 Å². The molecule has 0 amide bonds. The van der Waals surface area contributed by atoms with Crippen LogP contribution in [0.15, 0.2) is 36.5 Å². The fraction of sp³-hybridized carbons (Fsp3) is 0.830. The molecule has 0 bridgehead atoms. The SMILES string of the molecule is CCCCC/C=C\C/C=C\C/C=C\CC1OC1CCCC(=O)OC[C@H](COP(=O)(O)OC[C@@H](O)CO)OC(=O)CCCCCCCCCCCCCCCCC(C)CC. The second-order valence-corrected chi connectivity index (χ2v) is 17.9. The van der Waals surface area contributed by atoms with Crippen LogP contribution in [-0.2, 0) is 37.4 Å². The summed E-state index contributed by atoms with van der Waals surface area (Å²) >= 11 is 0. The maximum absolute atomic E-state index is 12.7. The van der Waals surface area contributed by atoms with Crippen LogP contribution in [0.25, 0.3) is 0 Å². The number of unbranched alkanes of at least 4 members (excludes halogenated alkanes) is 16. The number of rotatable bonds is 42. The molecule has 1 fully saturated rings. The number of phosphoric acid groups is 1. The predicted molar refractivity (Wildman–Crippen MR) is 237 cm³/mol. The quantitative estimate of drug-likeness (QED) is 0.0176. The average Bonchev–Trinajstić information content (AvgIpc) is 3.98. The normalized spacial score (nSPS) is 18.1. The molecule has 1 saturated heterocycles. The van der Waals surface area contributed by atoms with Gasteiger partial charge in [0, 0.05) is 12.8 Å². The van der Waals surface area contributed by atoms with Gasteiger partial charge in [0.05, 0.1) is 32.0 Å². The number of aliphatic hydroxyl groups excluding tert-OH is 2. The van der Waals surface area contributed by atoms with Gasteiger partial charge in [-0.3, -0.25) is 18.6 Å². The molecular formula is C47H85O11P. The zero-order valence-electron chi connectivity index (χ0n) is 37.3. The molecule has 0 aromatic rings. The van der Waals surface area contributed by atoms with E-state index in [0.29, 0.717) is 12.8 Å². The number of phosphoric ester groups is 1. The number of aliphatic hydroxyl groups is 2. The van der Waals surface area contributed by atoms with Crippen molar-refractivity contribution in [1.29, 1.82) is 0 Å². The van der Waals surface area contributed by atoms with E-state index in [1.807, 2.05) is 0 Å². The molecule has 59 heavy (non-hydrogen) atoms. The summed E-state index contributed by atoms with van der Waals surface area (Å²) in [5, 5.41) is 18.4. The molecule has 0 saturated carbocycles. The van der Waals surface area contributed by atoms with E-state index >= 15 is 0 Å². The molecule has 1 heterocycles. The summed E-state index contributed by atoms with van der Waals surface area (Å²) in [5.74, 6) is -0.127. The third-order valence-electron chi connectivity index (χ3n) is 10.8. The summed E-state index contributed by atoms with van der Waals surface area (Å²) in [6, 6.07) is 0. The highest BCUT2D eigenvalue weighted by Gasteiger charge is 2.36. The van der Waals surface area contributed by atoms with Crippen LogP contribution in [0.2, 0.25) is 0 Å². The van der Waals surface area contributed by atoms with Crippen molar-refractivity contribution in [3.8, 4) is 0 Å². The van der Waals surface area contributed by atoms with Crippen molar-refractivity contribution in [1.82, 2.24) is 0 Å². The van der Waals surface area contributed by atoms with Crippen LogP contribution in [0.4, 0.5) is 0 Å². The summed E-state index contributed by atoms with van der Waals surface area (Å²) in [5.41, 5.74) is 0. The molecule has 6 atom stereocenters. The second-order valence-electron chi connectivity index (χ2n) is 16.4. The maximum Gasteiger partial charge on any atom is 0.472 e. The Labute approximate surface area is 358 Å². The van der Waals surface area contributed by atoms with Crippen molar-refractivity contribution < 1.29 is 52.5 Å². The van der Waals surface area contributed by atoms with Gasteiger partial charge >= 0.3 is 19.8 Å². The van der Waals surface area contributed by atoms with Crippen molar-refractivity contribution in [2.45, 2.75) is 219 Å². The van der Waals surface area contributed by atoms with Gasteiger partial charge < -0.3 is 29.3 Å². The Bertz CT molecular complexity index is 1160. The lowest BCUT2D eigenvalue weighted by Gasteiger charge is -2.20. The molecule has 0 aromatic carbocycles. The second kappa shape index (κ2) is 37.9. The molecular weight excluding hydrogens is 771 g/mol. The lowest BCUT2D eigenvalue weighted by atomic mass is 9.99. The van der Waals surface area contributed by atoms with Gasteiger partial charge in [0.15, 0.2) is 6.10 Å². The molecule has 4 unspecified atom stereocenters. The molecule has 1 aliphatic rings. The number of hydrogen-bond donors (Lipinski definition) is 3. The van der Waals surface area contributed by atoms with E-state index in [9.17, 15) is 24.2 Å². The van der Waals surface area contributed by atoms with Crippen LogP contribution in [0, 0.1) is 5.92 Å². The highest BCUT2D eigenvalue weighted by molar-refractivity contribution is 7.47. The highest BCUT2D eigenvalue weighted by Crippen LogP contribution is 2.43. The fourth-order valence-corrected chi connectivity index (χ4v) is 7.43. The lowest BCUT2D eigenvalue weighted by Crippen LogP contribution is -2.29. The minimum Gasteiger partial charge on any atom is -0.462 e. The summed E-state index contributed by atoms with van der Waals surface area (Å²) in [4.78, 5) is 35.2. The first-order valence-corrected chi connectivity index (χ1v) is 25.0. The standard InChI is InChI=1S/C47H85O11P/c1-4-6-7-8-9-10-11-17-20-23-26-29-33-44-45(58-44)34-31-36-46(50)54-39-43(40-56-59(52,53)55-38-42(49)37-48)57-47(51)35-30-27-24-21-18-15-13-12-14-16-19-22-25-28-32-41(3)5-2/h9-10,17,20,26,29,41-45,48-49H,4-8,11-16,18-19,21-25,27-28,30-40H2,1-3H3,(H,52,53)/b10-9-,20-17-,29-26-/t41?,42-,43+,44?,45?/m0/s1. The average molecular weight is 857 g/mol. The molecule has 3 N–H and O–H groups in total. The van der Waals surface area contributed by atoms with E-state index in [4.69, 9.17) is 28.4 Å². The first-order chi connectivity index (χ1) is 28.6. The molecule has 1 rings (SSSR count). The van der Waals surface area contributed by atoms with E-state index in [1.165, 1.54) is 96.3 Å². The van der Waals surface area contributed by atoms with E-state index in [0.717, 1.165) is 57.3 Å². The topological polar surface area (TPSA) is 161 Å². The zero-order valence-corrected chi connectivity index (χ0v) is 38.2. The van der Waals surface area contributed by atoms with Gasteiger partial charge in [-0.05, 0) is 57.3 Å². The number of carbonyl (C=O) groups is 2. The minimum atomic E-state index is -4.64. The van der Waals surface area contributed by atoms with E-state index in [1.54, 1.807) is 0 Å². The Hall–Kier alpha value is -1.85. The van der Waals surface area contributed by atoms with Crippen molar-refractivity contribution in [2.75, 3.05) is 26.4 Å². The summed E-state index contributed by atoms with van der Waals surface area (Å²) in [6.45, 7) is 4.65. The van der Waals surface area contributed by atoms with E-state index in [2.05, 4.69) is 57.2 Å². The molecule has 344 valence electrons. The van der Waals surface area contributed by atoms with Gasteiger partial charge in [-0.15, -0.1) is 0 Å². The minimum absolute atomic E-state index is 0.115. The van der Waals surface area contributed by atoms with Gasteiger partial charge in [-0.2, -0.15) is 0 Å². The van der Waals surface area contributed by atoms with Gasteiger partial charge in [-0.25, -0.2) is 4.57 Å². The smallest absolute Gasteiger partial charge is 0.462 e. The van der Waals surface area contributed by atoms with Crippen molar-refractivity contribution in [3.63, 3.8) is 0 Å². The van der Waals surface area contributed by atoms with Crippen LogP contribution < -0.4 is 0 Å². The van der Waals surface area contributed by atoms with Crippen LogP contribution in [0.5, 0.6) is 0 Å². The van der Waals surface area contributed by atoms with Gasteiger partial charge in [0.25, 0.3) is 0 Å². The number of hydrogen-bond acceptors (Lipinski definition) is 10. The van der Waals surface area contributed by atoms with Crippen molar-refractivity contribution in [2.24, 2.45) is 5.92 Å². The summed E-state index contributed by atoms with van der Waals surface area (Å²) in [7, 11) is -4.64. The molecule has 0 aromatic heterocycles. The summed E-state index contributed by atoms with van der Waals surface area (Å²) < 4.78 is 38.6.